The monoisotopic (exact) mass is 296 g/mol. The number of nitrogens with one attached hydrogen (secondary N) is 1. The Morgan fingerprint density at radius 2 is 2.05 bits per heavy atom. The predicted octanol–water partition coefficient (Wildman–Crippen LogP) is 4.01. The topological polar surface area (TPSA) is 51.2 Å². The molecule has 2 rings (SSSR count). The van der Waals surface area contributed by atoms with E-state index in [1.54, 1.807) is 11.3 Å². The van der Waals surface area contributed by atoms with E-state index in [-0.39, 0.29) is 5.97 Å². The van der Waals surface area contributed by atoms with Crippen molar-refractivity contribution in [3.8, 4) is 0 Å². The second-order valence-electron chi connectivity index (χ2n) is 5.41. The average Bonchev–Trinajstić information content (AvgIpc) is 2.81. The van der Waals surface area contributed by atoms with Crippen molar-refractivity contribution in [2.45, 2.75) is 58.9 Å². The molecule has 1 heterocycles. The number of carbonyl (C=O) groups is 1. The molecular formula is C15H24N2O2S. The molecule has 1 aromatic heterocycles. The Morgan fingerprint density at radius 1 is 1.35 bits per heavy atom. The highest BCUT2D eigenvalue weighted by Gasteiger charge is 2.22. The average molecular weight is 296 g/mol. The van der Waals surface area contributed by atoms with Crippen LogP contribution in [0.15, 0.2) is 0 Å². The number of esters is 1. The molecule has 0 atom stereocenters. The van der Waals surface area contributed by atoms with E-state index in [1.807, 2.05) is 13.8 Å². The lowest BCUT2D eigenvalue weighted by molar-refractivity contribution is 0.0519. The Balaban J connectivity index is 1.94. The van der Waals surface area contributed by atoms with Crippen molar-refractivity contribution in [2.75, 3.05) is 11.9 Å². The fourth-order valence-electron chi connectivity index (χ4n) is 2.74. The SMILES string of the molecule is CCOC(=O)c1nc(NC2CCC(CC)CC2)sc1C. The summed E-state index contributed by atoms with van der Waals surface area (Å²) >= 11 is 1.55. The second kappa shape index (κ2) is 7.07. The zero-order valence-electron chi connectivity index (χ0n) is 12.6. The van der Waals surface area contributed by atoms with Gasteiger partial charge in [0.2, 0.25) is 0 Å². The summed E-state index contributed by atoms with van der Waals surface area (Å²) in [4.78, 5) is 17.1. The molecule has 0 aromatic carbocycles. The van der Waals surface area contributed by atoms with Crippen molar-refractivity contribution < 1.29 is 9.53 Å². The maximum atomic E-state index is 11.7. The van der Waals surface area contributed by atoms with Gasteiger partial charge in [0.25, 0.3) is 0 Å². The highest BCUT2D eigenvalue weighted by Crippen LogP contribution is 2.30. The highest BCUT2D eigenvalue weighted by molar-refractivity contribution is 7.15. The number of rotatable bonds is 5. The first-order valence-electron chi connectivity index (χ1n) is 7.55. The normalized spacial score (nSPS) is 22.6. The molecule has 112 valence electrons. The molecule has 4 nitrogen and oxygen atoms in total. The van der Waals surface area contributed by atoms with Gasteiger partial charge in [-0.05, 0) is 45.4 Å². The van der Waals surface area contributed by atoms with Gasteiger partial charge in [-0.3, -0.25) is 0 Å². The van der Waals surface area contributed by atoms with Crippen LogP contribution in [0.3, 0.4) is 0 Å². The maximum absolute atomic E-state index is 11.7. The van der Waals surface area contributed by atoms with Crippen LogP contribution in [-0.4, -0.2) is 23.6 Å². The molecule has 0 radical (unpaired) electrons. The Bertz CT molecular complexity index is 451. The molecule has 1 aliphatic carbocycles. The number of nitrogens with zero attached hydrogens (tertiary/aromatic N) is 1. The van der Waals surface area contributed by atoms with Crippen molar-refractivity contribution in [1.29, 1.82) is 0 Å². The summed E-state index contributed by atoms with van der Waals surface area (Å²) in [6, 6.07) is 0.499. The molecule has 5 heteroatoms. The van der Waals surface area contributed by atoms with E-state index in [9.17, 15) is 4.79 Å². The van der Waals surface area contributed by atoms with Gasteiger partial charge < -0.3 is 10.1 Å². The van der Waals surface area contributed by atoms with Gasteiger partial charge in [0.1, 0.15) is 0 Å². The van der Waals surface area contributed by atoms with Gasteiger partial charge in [-0.15, -0.1) is 11.3 Å². The summed E-state index contributed by atoms with van der Waals surface area (Å²) in [6.07, 6.45) is 6.28. The minimum atomic E-state index is -0.316. The summed E-state index contributed by atoms with van der Waals surface area (Å²) in [5.74, 6) is 0.574. The molecule has 1 N–H and O–H groups in total. The third-order valence-electron chi connectivity index (χ3n) is 4.02. The van der Waals surface area contributed by atoms with Crippen LogP contribution in [0.2, 0.25) is 0 Å². The fraction of sp³-hybridized carbons (Fsp3) is 0.733. The highest BCUT2D eigenvalue weighted by atomic mass is 32.1. The lowest BCUT2D eigenvalue weighted by Crippen LogP contribution is -2.25. The van der Waals surface area contributed by atoms with Gasteiger partial charge in [-0.1, -0.05) is 13.3 Å². The largest absolute Gasteiger partial charge is 0.461 e. The number of ether oxygens (including phenoxy) is 1. The third kappa shape index (κ3) is 3.72. The first-order chi connectivity index (χ1) is 9.63. The standard InChI is InChI=1S/C15H24N2O2S/c1-4-11-6-8-12(9-7-11)16-15-17-13(10(3)20-15)14(18)19-5-2/h11-12H,4-9H2,1-3H3,(H,16,17). The van der Waals surface area contributed by atoms with Crippen LogP contribution in [-0.2, 0) is 4.74 Å². The van der Waals surface area contributed by atoms with Gasteiger partial charge in [-0.2, -0.15) is 0 Å². The third-order valence-corrected chi connectivity index (χ3v) is 4.92. The molecule has 0 amide bonds. The van der Waals surface area contributed by atoms with E-state index in [2.05, 4.69) is 17.2 Å². The number of anilines is 1. The fourth-order valence-corrected chi connectivity index (χ4v) is 3.61. The van der Waals surface area contributed by atoms with Crippen molar-refractivity contribution in [1.82, 2.24) is 4.98 Å². The summed E-state index contributed by atoms with van der Waals surface area (Å²) in [5.41, 5.74) is 0.460. The van der Waals surface area contributed by atoms with E-state index in [4.69, 9.17) is 4.74 Å². The summed E-state index contributed by atoms with van der Waals surface area (Å²) in [5, 5.41) is 4.34. The van der Waals surface area contributed by atoms with E-state index in [1.165, 1.54) is 32.1 Å². The Kier molecular flexibility index (Phi) is 5.40. The minimum absolute atomic E-state index is 0.316. The number of thiazole rings is 1. The first-order valence-corrected chi connectivity index (χ1v) is 8.36. The molecule has 0 unspecified atom stereocenters. The second-order valence-corrected chi connectivity index (χ2v) is 6.62. The Morgan fingerprint density at radius 3 is 2.65 bits per heavy atom. The van der Waals surface area contributed by atoms with Crippen LogP contribution >= 0.6 is 11.3 Å². The summed E-state index contributed by atoms with van der Waals surface area (Å²) < 4.78 is 5.02. The van der Waals surface area contributed by atoms with E-state index >= 15 is 0 Å². The molecular weight excluding hydrogens is 272 g/mol. The van der Waals surface area contributed by atoms with Gasteiger partial charge in [0.05, 0.1) is 6.61 Å². The molecule has 0 aliphatic heterocycles. The number of hydrogen-bond acceptors (Lipinski definition) is 5. The Labute approximate surface area is 124 Å². The lowest BCUT2D eigenvalue weighted by Gasteiger charge is -2.28. The summed E-state index contributed by atoms with van der Waals surface area (Å²) in [7, 11) is 0. The van der Waals surface area contributed by atoms with Crippen LogP contribution in [0.5, 0.6) is 0 Å². The number of carbonyl (C=O) groups excluding carboxylic acids is 1. The zero-order valence-corrected chi connectivity index (χ0v) is 13.4. The molecule has 0 bridgehead atoms. The van der Waals surface area contributed by atoms with Crippen molar-refractivity contribution in [3.63, 3.8) is 0 Å². The molecule has 0 spiro atoms. The van der Waals surface area contributed by atoms with Crippen molar-refractivity contribution in [2.24, 2.45) is 5.92 Å². The minimum Gasteiger partial charge on any atom is -0.461 e. The Hall–Kier alpha value is -1.10. The number of hydrogen-bond donors (Lipinski definition) is 1. The molecule has 1 aliphatic rings. The maximum Gasteiger partial charge on any atom is 0.358 e. The predicted molar refractivity (Wildman–Crippen MR) is 82.5 cm³/mol. The lowest BCUT2D eigenvalue weighted by atomic mass is 9.85. The molecule has 20 heavy (non-hydrogen) atoms. The van der Waals surface area contributed by atoms with Crippen LogP contribution in [0.1, 0.15) is 61.3 Å². The molecule has 1 fully saturated rings. The van der Waals surface area contributed by atoms with Crippen LogP contribution in [0, 0.1) is 12.8 Å². The molecule has 1 saturated carbocycles. The zero-order chi connectivity index (χ0) is 14.5. The first kappa shape index (κ1) is 15.3. The van der Waals surface area contributed by atoms with Crippen LogP contribution in [0.25, 0.3) is 0 Å². The summed E-state index contributed by atoms with van der Waals surface area (Å²) in [6.45, 7) is 6.39. The van der Waals surface area contributed by atoms with E-state index in [0.29, 0.717) is 18.3 Å². The van der Waals surface area contributed by atoms with Gasteiger partial charge in [0, 0.05) is 10.9 Å². The smallest absolute Gasteiger partial charge is 0.358 e. The van der Waals surface area contributed by atoms with Crippen molar-refractivity contribution >= 4 is 22.4 Å². The van der Waals surface area contributed by atoms with Gasteiger partial charge in [0.15, 0.2) is 10.8 Å². The van der Waals surface area contributed by atoms with E-state index in [0.717, 1.165) is 15.9 Å². The van der Waals surface area contributed by atoms with E-state index < -0.39 is 0 Å². The van der Waals surface area contributed by atoms with Crippen LogP contribution < -0.4 is 5.32 Å². The number of aromatic nitrogens is 1. The molecule has 0 saturated heterocycles. The quantitative estimate of drug-likeness (QED) is 0.834. The number of aryl methyl sites for hydroxylation is 1. The van der Waals surface area contributed by atoms with Gasteiger partial charge >= 0.3 is 5.97 Å². The van der Waals surface area contributed by atoms with Gasteiger partial charge in [-0.25, -0.2) is 9.78 Å². The van der Waals surface area contributed by atoms with Crippen molar-refractivity contribution in [3.05, 3.63) is 10.6 Å². The molecule has 1 aromatic rings. The van der Waals surface area contributed by atoms with Crippen LogP contribution in [0.4, 0.5) is 5.13 Å².